The first-order chi connectivity index (χ1) is 16.6. The molecular formula is C26H46N2O7Si2. The first-order valence-corrected chi connectivity index (χ1v) is 18.5. The van der Waals surface area contributed by atoms with E-state index in [2.05, 4.69) is 67.7 Å². The Bertz CT molecular complexity index is 1150. The fourth-order valence-electron chi connectivity index (χ4n) is 3.53. The number of nitrogens with zero attached hydrogens (tertiary/aromatic N) is 2. The summed E-state index contributed by atoms with van der Waals surface area (Å²) in [6.45, 7) is 23.2. The zero-order valence-electron chi connectivity index (χ0n) is 24.8. The van der Waals surface area contributed by atoms with Gasteiger partial charge in [0, 0.05) is 24.9 Å². The molecule has 2 heterocycles. The van der Waals surface area contributed by atoms with E-state index in [9.17, 15) is 14.4 Å². The predicted molar refractivity (Wildman–Crippen MR) is 150 cm³/mol. The second-order valence-corrected chi connectivity index (χ2v) is 22.5. The molecule has 0 radical (unpaired) electrons. The maximum Gasteiger partial charge on any atom is 0.332 e. The van der Waals surface area contributed by atoms with Crippen molar-refractivity contribution < 1.29 is 23.1 Å². The molecule has 0 N–H and O–H groups in total. The molecule has 0 bridgehead atoms. The van der Waals surface area contributed by atoms with Gasteiger partial charge in [-0.1, -0.05) is 41.5 Å². The minimum Gasteiger partial charge on any atom is -0.466 e. The molecule has 3 atom stereocenters. The van der Waals surface area contributed by atoms with Crippen molar-refractivity contribution in [1.29, 1.82) is 0 Å². The molecule has 0 unspecified atom stereocenters. The molecule has 1 aliphatic rings. The number of rotatable bonds is 7. The van der Waals surface area contributed by atoms with Crippen LogP contribution < -0.4 is 11.2 Å². The van der Waals surface area contributed by atoms with Crippen molar-refractivity contribution in [2.45, 2.75) is 103 Å². The maximum atomic E-state index is 13.2. The van der Waals surface area contributed by atoms with Gasteiger partial charge in [-0.15, -0.1) is 0 Å². The maximum absolute atomic E-state index is 13.2. The van der Waals surface area contributed by atoms with Crippen molar-refractivity contribution in [1.82, 2.24) is 9.13 Å². The Labute approximate surface area is 223 Å². The molecule has 0 saturated carbocycles. The highest BCUT2D eigenvalue weighted by molar-refractivity contribution is 6.74. The van der Waals surface area contributed by atoms with Crippen LogP contribution in [-0.4, -0.2) is 57.7 Å². The van der Waals surface area contributed by atoms with Gasteiger partial charge in [0.05, 0.1) is 13.7 Å². The summed E-state index contributed by atoms with van der Waals surface area (Å²) in [4.78, 5) is 38.2. The van der Waals surface area contributed by atoms with Crippen LogP contribution in [0.15, 0.2) is 27.4 Å². The van der Waals surface area contributed by atoms with Crippen LogP contribution in [0, 0.1) is 6.92 Å². The Hall–Kier alpha value is -1.80. The van der Waals surface area contributed by atoms with Crippen LogP contribution in [-0.2, 0) is 30.2 Å². The van der Waals surface area contributed by atoms with E-state index in [1.807, 2.05) is 0 Å². The van der Waals surface area contributed by atoms with E-state index >= 15 is 0 Å². The van der Waals surface area contributed by atoms with Gasteiger partial charge < -0.3 is 18.3 Å². The minimum atomic E-state index is -2.41. The van der Waals surface area contributed by atoms with E-state index in [-0.39, 0.29) is 22.2 Å². The average Bonchev–Trinajstić information content (AvgIpc) is 3.07. The molecule has 2 rings (SSSR count). The average molecular weight is 555 g/mol. The Morgan fingerprint density at radius 2 is 1.59 bits per heavy atom. The van der Waals surface area contributed by atoms with Crippen molar-refractivity contribution in [3.05, 3.63) is 44.2 Å². The Kier molecular flexibility index (Phi) is 9.14. The Morgan fingerprint density at radius 1 is 1.05 bits per heavy atom. The van der Waals surface area contributed by atoms with E-state index in [1.165, 1.54) is 31.0 Å². The quantitative estimate of drug-likeness (QED) is 0.282. The molecule has 9 nitrogen and oxygen atoms in total. The molecule has 1 aromatic heterocycles. The van der Waals surface area contributed by atoms with Crippen LogP contribution in [0.25, 0.3) is 0 Å². The second-order valence-electron chi connectivity index (χ2n) is 12.9. The van der Waals surface area contributed by atoms with Gasteiger partial charge in [0.1, 0.15) is 12.2 Å². The number of aromatic nitrogens is 2. The van der Waals surface area contributed by atoms with Crippen molar-refractivity contribution in [3.8, 4) is 0 Å². The molecule has 1 aromatic rings. The minimum absolute atomic E-state index is 0.0277. The number of aryl methyl sites for hydroxylation is 1. The normalized spacial score (nSPS) is 22.5. The summed E-state index contributed by atoms with van der Waals surface area (Å²) in [6, 6.07) is 0. The van der Waals surface area contributed by atoms with E-state index in [0.29, 0.717) is 11.1 Å². The molecule has 11 heteroatoms. The monoisotopic (exact) mass is 554 g/mol. The van der Waals surface area contributed by atoms with Crippen LogP contribution in [0.5, 0.6) is 0 Å². The van der Waals surface area contributed by atoms with Crippen LogP contribution in [0.4, 0.5) is 0 Å². The number of carbonyl (C=O) groups excluding carboxylic acids is 1. The summed E-state index contributed by atoms with van der Waals surface area (Å²) in [5.74, 6) is -0.538. The van der Waals surface area contributed by atoms with Gasteiger partial charge in [-0.3, -0.25) is 13.9 Å². The van der Waals surface area contributed by atoms with Crippen LogP contribution in [0.3, 0.4) is 0 Å². The summed E-state index contributed by atoms with van der Waals surface area (Å²) in [7, 11) is -1.81. The van der Waals surface area contributed by atoms with Gasteiger partial charge in [0.25, 0.3) is 5.56 Å². The highest BCUT2D eigenvalue weighted by Gasteiger charge is 2.49. The number of hydrogen-bond donors (Lipinski definition) is 0. The van der Waals surface area contributed by atoms with Gasteiger partial charge in [-0.05, 0) is 48.8 Å². The van der Waals surface area contributed by atoms with Crippen LogP contribution >= 0.6 is 0 Å². The number of carbonyl (C=O) groups is 1. The third-order valence-electron chi connectivity index (χ3n) is 8.13. The second kappa shape index (κ2) is 10.8. The summed E-state index contributed by atoms with van der Waals surface area (Å²) in [6.07, 6.45) is 0.623. The largest absolute Gasteiger partial charge is 0.466 e. The number of hydrogen-bond acceptors (Lipinski definition) is 7. The van der Waals surface area contributed by atoms with Gasteiger partial charge in [-0.25, -0.2) is 9.59 Å². The highest BCUT2D eigenvalue weighted by Crippen LogP contribution is 2.44. The van der Waals surface area contributed by atoms with E-state index in [4.69, 9.17) is 18.3 Å². The topological polar surface area (TPSA) is 98.0 Å². The van der Waals surface area contributed by atoms with Crippen molar-refractivity contribution in [3.63, 3.8) is 0 Å². The van der Waals surface area contributed by atoms with Gasteiger partial charge in [0.15, 0.2) is 22.9 Å². The molecule has 0 aromatic carbocycles. The molecular weight excluding hydrogens is 508 g/mol. The summed E-state index contributed by atoms with van der Waals surface area (Å²) < 4.78 is 27.2. The zero-order valence-corrected chi connectivity index (χ0v) is 26.8. The fraction of sp³-hybridized carbons (Fsp3) is 0.731. The molecule has 0 aliphatic carbocycles. The van der Waals surface area contributed by atoms with Crippen LogP contribution in [0.1, 0.15) is 53.3 Å². The SMILES string of the molecule is COC(=O)/C=C1/[C@@H](O[Si](C)(C)C(C)(C)C)[C@H](n2cc(C)c(=O)n(C)c2=O)O[C@@H]1CO[Si](C)(C)C(C)(C)C. The summed E-state index contributed by atoms with van der Waals surface area (Å²) in [5.41, 5.74) is 0.0760. The van der Waals surface area contributed by atoms with Crippen molar-refractivity contribution in [2.24, 2.45) is 7.05 Å². The van der Waals surface area contributed by atoms with Crippen molar-refractivity contribution >= 4 is 22.6 Å². The van der Waals surface area contributed by atoms with Gasteiger partial charge in [0.2, 0.25) is 0 Å². The zero-order chi connectivity index (χ0) is 28.7. The Balaban J connectivity index is 2.71. The molecule has 210 valence electrons. The van der Waals surface area contributed by atoms with Crippen LogP contribution in [0.2, 0.25) is 36.3 Å². The molecule has 0 spiro atoms. The standard InChI is InChI=1S/C26H46N2O7Si2/c1-17-15-28(24(31)27(8)22(17)30)23-21(35-37(12,13)26(5,6)7)18(14-20(29)32-9)19(34-23)16-33-36(10,11)25(2,3)4/h14-15,19,21,23H,16H2,1-13H3/b18-14+/t19-,21-,23-/m1/s1. The summed E-state index contributed by atoms with van der Waals surface area (Å²) >= 11 is 0. The highest BCUT2D eigenvalue weighted by atomic mass is 28.4. The smallest absolute Gasteiger partial charge is 0.332 e. The van der Waals surface area contributed by atoms with E-state index in [1.54, 1.807) is 6.92 Å². The predicted octanol–water partition coefficient (Wildman–Crippen LogP) is 4.26. The third-order valence-corrected chi connectivity index (χ3v) is 17.1. The Morgan fingerprint density at radius 3 is 2.08 bits per heavy atom. The molecule has 1 saturated heterocycles. The first kappa shape index (κ1) is 31.4. The lowest BCUT2D eigenvalue weighted by Gasteiger charge is -2.39. The number of ether oxygens (including phenoxy) is 2. The van der Waals surface area contributed by atoms with E-state index in [0.717, 1.165) is 4.57 Å². The van der Waals surface area contributed by atoms with E-state index < -0.39 is 46.7 Å². The molecule has 37 heavy (non-hydrogen) atoms. The lowest BCUT2D eigenvalue weighted by atomic mass is 10.1. The molecule has 1 aliphatic heterocycles. The number of esters is 1. The van der Waals surface area contributed by atoms with Gasteiger partial charge in [-0.2, -0.15) is 0 Å². The van der Waals surface area contributed by atoms with Gasteiger partial charge >= 0.3 is 11.7 Å². The fourth-order valence-corrected chi connectivity index (χ4v) is 5.77. The van der Waals surface area contributed by atoms with Crippen molar-refractivity contribution in [2.75, 3.05) is 13.7 Å². The lowest BCUT2D eigenvalue weighted by Crippen LogP contribution is -2.48. The number of methoxy groups -OCH3 is 1. The molecule has 1 fully saturated rings. The third kappa shape index (κ3) is 6.62. The lowest BCUT2D eigenvalue weighted by molar-refractivity contribution is -0.135. The summed E-state index contributed by atoms with van der Waals surface area (Å²) in [5, 5.41) is -0.173. The first-order valence-electron chi connectivity index (χ1n) is 12.7. The molecule has 0 amide bonds.